The van der Waals surface area contributed by atoms with Crippen molar-refractivity contribution in [3.63, 3.8) is 0 Å². The van der Waals surface area contributed by atoms with Crippen LogP contribution < -0.4 is 10.1 Å². The third-order valence-corrected chi connectivity index (χ3v) is 5.44. The molecule has 0 aliphatic carbocycles. The average Bonchev–Trinajstić information content (AvgIpc) is 2.61. The quantitative estimate of drug-likeness (QED) is 0.830. The third kappa shape index (κ3) is 3.72. The van der Waals surface area contributed by atoms with Crippen molar-refractivity contribution in [1.29, 1.82) is 0 Å². The summed E-state index contributed by atoms with van der Waals surface area (Å²) >= 11 is 3.55. The second-order valence-electron chi connectivity index (χ2n) is 6.38. The van der Waals surface area contributed by atoms with E-state index in [1.807, 2.05) is 24.3 Å². The minimum atomic E-state index is -0.146. The summed E-state index contributed by atoms with van der Waals surface area (Å²) in [6.45, 7) is 3.99. The second kappa shape index (κ2) is 7.58. The van der Waals surface area contributed by atoms with Crippen LogP contribution in [0, 0.1) is 0 Å². The van der Waals surface area contributed by atoms with Gasteiger partial charge < -0.3 is 15.0 Å². The molecule has 5 heteroatoms. The number of hydrogen-bond acceptors (Lipinski definition) is 3. The molecule has 0 spiro atoms. The number of nitrogens with zero attached hydrogens (tertiary/aromatic N) is 1. The predicted octanol–water partition coefficient (Wildman–Crippen LogP) is 4.26. The highest BCUT2D eigenvalue weighted by molar-refractivity contribution is 9.10. The molecule has 0 saturated carbocycles. The van der Waals surface area contributed by atoms with Crippen LogP contribution in [0.25, 0.3) is 0 Å². The Hall–Kier alpha value is -1.85. The van der Waals surface area contributed by atoms with Gasteiger partial charge in [0.15, 0.2) is 0 Å². The first-order chi connectivity index (χ1) is 12.0. The normalized spacial score (nSPS) is 14.1. The summed E-state index contributed by atoms with van der Waals surface area (Å²) in [5.41, 5.74) is 5.07. The van der Waals surface area contributed by atoms with Gasteiger partial charge in [0.05, 0.1) is 12.7 Å². The molecule has 0 radical (unpaired) electrons. The molecule has 4 nitrogen and oxygen atoms in total. The molecule has 1 heterocycles. The Balaban J connectivity index is 1.91. The Morgan fingerprint density at radius 2 is 2.16 bits per heavy atom. The minimum Gasteiger partial charge on any atom is -0.496 e. The number of carbonyl (C=O) groups is 1. The molecule has 2 aromatic carbocycles. The van der Waals surface area contributed by atoms with Crippen molar-refractivity contribution in [2.45, 2.75) is 26.3 Å². The molecule has 0 unspecified atom stereocenters. The number of hydrogen-bond donors (Lipinski definition) is 1. The maximum Gasteiger partial charge on any atom is 0.259 e. The lowest BCUT2D eigenvalue weighted by atomic mass is 9.98. The molecule has 1 aliphatic rings. The number of rotatable bonds is 4. The summed E-state index contributed by atoms with van der Waals surface area (Å²) < 4.78 is 6.37. The van der Waals surface area contributed by atoms with Gasteiger partial charge >= 0.3 is 0 Å². The highest BCUT2D eigenvalue weighted by Crippen LogP contribution is 2.30. The van der Waals surface area contributed by atoms with Crippen LogP contribution >= 0.6 is 15.9 Å². The van der Waals surface area contributed by atoms with Gasteiger partial charge in [-0.2, -0.15) is 0 Å². The van der Waals surface area contributed by atoms with Gasteiger partial charge in [-0.25, -0.2) is 0 Å². The maximum absolute atomic E-state index is 12.9. The highest BCUT2D eigenvalue weighted by Gasteiger charge is 2.20. The number of ether oxygens (including phenoxy) is 1. The third-order valence-electron chi connectivity index (χ3n) is 4.70. The molecule has 132 valence electrons. The Labute approximate surface area is 157 Å². The minimum absolute atomic E-state index is 0.146. The van der Waals surface area contributed by atoms with E-state index < -0.39 is 0 Å². The number of fused-ring (bicyclic) bond motifs is 1. The molecule has 1 aliphatic heterocycles. The monoisotopic (exact) mass is 402 g/mol. The molecular weight excluding hydrogens is 380 g/mol. The van der Waals surface area contributed by atoms with E-state index >= 15 is 0 Å². The molecule has 1 amide bonds. The fourth-order valence-corrected chi connectivity index (χ4v) is 3.89. The predicted molar refractivity (Wildman–Crippen MR) is 105 cm³/mol. The number of aryl methyl sites for hydroxylation is 1. The van der Waals surface area contributed by atoms with Gasteiger partial charge in [0.25, 0.3) is 5.91 Å². The van der Waals surface area contributed by atoms with Crippen LogP contribution in [-0.2, 0) is 19.4 Å². The fraction of sp³-hybridized carbons (Fsp3) is 0.350. The molecule has 0 bridgehead atoms. The standard InChI is InChI=1S/C20H23BrN2O2/c1-4-13-10-19(25-3)16(11-17(13)21)20(24)22-18-7-5-6-14-12-23(2)9-8-15(14)18/h5-7,10-11H,4,8-9,12H2,1-3H3,(H,22,24). The second-order valence-corrected chi connectivity index (χ2v) is 7.24. The first-order valence-electron chi connectivity index (χ1n) is 8.50. The van der Waals surface area contributed by atoms with Crippen molar-refractivity contribution >= 4 is 27.5 Å². The molecular formula is C20H23BrN2O2. The van der Waals surface area contributed by atoms with Crippen molar-refractivity contribution in [2.75, 3.05) is 26.0 Å². The Morgan fingerprint density at radius 1 is 1.36 bits per heavy atom. The van der Waals surface area contributed by atoms with Crippen molar-refractivity contribution in [3.8, 4) is 5.75 Å². The first kappa shape index (κ1) is 18.0. The number of amides is 1. The van der Waals surface area contributed by atoms with Crippen LogP contribution in [0.3, 0.4) is 0 Å². The topological polar surface area (TPSA) is 41.6 Å². The average molecular weight is 403 g/mol. The fourth-order valence-electron chi connectivity index (χ4n) is 3.27. The van der Waals surface area contributed by atoms with Crippen LogP contribution in [-0.4, -0.2) is 31.5 Å². The molecule has 0 aromatic heterocycles. The number of likely N-dealkylation sites (N-methyl/N-ethyl adjacent to an activating group) is 1. The summed E-state index contributed by atoms with van der Waals surface area (Å²) in [6.07, 6.45) is 1.82. The summed E-state index contributed by atoms with van der Waals surface area (Å²) in [5.74, 6) is 0.453. The van der Waals surface area contributed by atoms with E-state index in [1.165, 1.54) is 11.1 Å². The maximum atomic E-state index is 12.9. The van der Waals surface area contributed by atoms with Crippen LogP contribution in [0.4, 0.5) is 5.69 Å². The van der Waals surface area contributed by atoms with E-state index in [0.717, 1.165) is 41.7 Å². The van der Waals surface area contributed by atoms with Gasteiger partial charge in [-0.3, -0.25) is 4.79 Å². The number of benzene rings is 2. The first-order valence-corrected chi connectivity index (χ1v) is 9.29. The zero-order valence-electron chi connectivity index (χ0n) is 14.9. The summed E-state index contributed by atoms with van der Waals surface area (Å²) in [7, 11) is 3.71. The van der Waals surface area contributed by atoms with E-state index in [2.05, 4.69) is 46.2 Å². The van der Waals surface area contributed by atoms with E-state index in [9.17, 15) is 4.79 Å². The van der Waals surface area contributed by atoms with Gasteiger partial charge in [-0.05, 0) is 54.8 Å². The van der Waals surface area contributed by atoms with Gasteiger partial charge in [0, 0.05) is 23.2 Å². The lowest BCUT2D eigenvalue weighted by Crippen LogP contribution is -2.27. The molecule has 1 N–H and O–H groups in total. The summed E-state index contributed by atoms with van der Waals surface area (Å²) in [4.78, 5) is 15.2. The smallest absolute Gasteiger partial charge is 0.259 e. The lowest BCUT2D eigenvalue weighted by Gasteiger charge is -2.26. The van der Waals surface area contributed by atoms with E-state index in [0.29, 0.717) is 11.3 Å². The Bertz CT molecular complexity index is 805. The molecule has 0 atom stereocenters. The summed E-state index contributed by atoms with van der Waals surface area (Å²) in [5, 5.41) is 3.08. The highest BCUT2D eigenvalue weighted by atomic mass is 79.9. The van der Waals surface area contributed by atoms with E-state index in [1.54, 1.807) is 7.11 Å². The molecule has 2 aromatic rings. The molecule has 3 rings (SSSR count). The lowest BCUT2D eigenvalue weighted by molar-refractivity contribution is 0.102. The van der Waals surface area contributed by atoms with Crippen LogP contribution in [0.15, 0.2) is 34.8 Å². The van der Waals surface area contributed by atoms with Crippen LogP contribution in [0.1, 0.15) is 34.0 Å². The number of nitrogens with one attached hydrogen (secondary N) is 1. The van der Waals surface area contributed by atoms with Crippen LogP contribution in [0.5, 0.6) is 5.75 Å². The number of carbonyl (C=O) groups excluding carboxylic acids is 1. The van der Waals surface area contributed by atoms with Gasteiger partial charge in [0.2, 0.25) is 0 Å². The zero-order chi connectivity index (χ0) is 18.0. The van der Waals surface area contributed by atoms with Crippen molar-refractivity contribution in [2.24, 2.45) is 0 Å². The molecule has 0 saturated heterocycles. The van der Waals surface area contributed by atoms with Gasteiger partial charge in [-0.15, -0.1) is 0 Å². The van der Waals surface area contributed by atoms with Crippen LogP contribution in [0.2, 0.25) is 0 Å². The Kier molecular flexibility index (Phi) is 5.45. The number of anilines is 1. The van der Waals surface area contributed by atoms with Crippen molar-refractivity contribution < 1.29 is 9.53 Å². The number of methoxy groups -OCH3 is 1. The van der Waals surface area contributed by atoms with E-state index in [4.69, 9.17) is 4.74 Å². The Morgan fingerprint density at radius 3 is 2.88 bits per heavy atom. The largest absolute Gasteiger partial charge is 0.496 e. The molecule has 0 fully saturated rings. The molecule has 25 heavy (non-hydrogen) atoms. The van der Waals surface area contributed by atoms with Crippen molar-refractivity contribution in [3.05, 3.63) is 57.1 Å². The van der Waals surface area contributed by atoms with Gasteiger partial charge in [0.1, 0.15) is 5.75 Å². The number of halogens is 1. The SMILES string of the molecule is CCc1cc(OC)c(C(=O)Nc2cccc3c2CCN(C)C3)cc1Br. The van der Waals surface area contributed by atoms with Gasteiger partial charge in [-0.1, -0.05) is 35.0 Å². The van der Waals surface area contributed by atoms with Crippen molar-refractivity contribution in [1.82, 2.24) is 4.90 Å². The summed E-state index contributed by atoms with van der Waals surface area (Å²) in [6, 6.07) is 9.88. The zero-order valence-corrected chi connectivity index (χ0v) is 16.4. The van der Waals surface area contributed by atoms with E-state index in [-0.39, 0.29) is 5.91 Å².